The molecule has 0 radical (unpaired) electrons. The van der Waals surface area contributed by atoms with Crippen LogP contribution in [0, 0.1) is 34.0 Å². The van der Waals surface area contributed by atoms with Crippen molar-refractivity contribution in [2.75, 3.05) is 33.0 Å². The van der Waals surface area contributed by atoms with Gasteiger partial charge in [0.2, 0.25) is 0 Å². The normalized spacial score (nSPS) is 55.5. The van der Waals surface area contributed by atoms with E-state index in [1.807, 2.05) is 6.92 Å². The molecule has 28 heteroatoms. The standard InChI is InChI=1S/C50H80O28/c1-17-10-49-16-50(17,78-45-41(77-44-37(67)33(63)28(58)22(14-54)73-44)39(30(60)23(15-55)74-45)75-42-35(65)31(61)26(56)20(12-52)71-42)8-5-24(49)47(2)6-4-7-48(3,46(68)69)25(47)9-18(49)38-40(34(64)29(59)19(11-51)70-38)76-43-36(66)32(62)27(57)21(13-53)72-43/h18-45,51-67H,1,4-16H2,2-3H3,(H,68,69). The minimum Gasteiger partial charge on any atom is -0.481 e. The van der Waals surface area contributed by atoms with Gasteiger partial charge in [-0.15, -0.1) is 0 Å². The van der Waals surface area contributed by atoms with Gasteiger partial charge < -0.3 is 135 Å². The summed E-state index contributed by atoms with van der Waals surface area (Å²) in [6, 6.07) is 0. The molecule has 9 fully saturated rings. The van der Waals surface area contributed by atoms with Crippen LogP contribution in [0.2, 0.25) is 0 Å². The van der Waals surface area contributed by atoms with Crippen molar-refractivity contribution in [2.45, 2.75) is 224 Å². The second-order valence-corrected chi connectivity index (χ2v) is 23.8. The first-order valence-electron chi connectivity index (χ1n) is 26.9. The highest BCUT2D eigenvalue weighted by atomic mass is 16.8. The minimum absolute atomic E-state index is 0.00740. The van der Waals surface area contributed by atoms with Gasteiger partial charge in [0, 0.05) is 0 Å². The molecule has 1 spiro atoms. The number of carbonyl (C=O) groups is 1. The van der Waals surface area contributed by atoms with Gasteiger partial charge in [0.05, 0.1) is 50.2 Å². The van der Waals surface area contributed by atoms with Gasteiger partial charge in [0.25, 0.3) is 0 Å². The quantitative estimate of drug-likeness (QED) is 0.0535. The summed E-state index contributed by atoms with van der Waals surface area (Å²) in [5.41, 5.74) is -4.28. The zero-order valence-electron chi connectivity index (χ0n) is 43.2. The van der Waals surface area contributed by atoms with Crippen LogP contribution in [0.5, 0.6) is 0 Å². The Labute approximate surface area is 447 Å². The van der Waals surface area contributed by atoms with Crippen molar-refractivity contribution >= 4 is 5.97 Å². The second kappa shape index (κ2) is 23.0. The molecular weight excluding hydrogens is 1050 g/mol. The molecule has 78 heavy (non-hydrogen) atoms. The van der Waals surface area contributed by atoms with E-state index in [-0.39, 0.29) is 32.1 Å². The summed E-state index contributed by atoms with van der Waals surface area (Å²) in [6.45, 7) is 3.90. The SMILES string of the molecule is C=C1CC23CC1(OC1OC(CO)C(O)C(OC4OC(CO)C(O)C(O)C4O)C1OC1OC(CO)C(O)C(O)C1O)CCC2C1(C)CCCC(C)(C(=O)O)C1CC3C1OC(CO)C(O)C(O)C1OC1OC(CO)C(O)C(O)C1O. The van der Waals surface area contributed by atoms with Crippen molar-refractivity contribution in [3.8, 4) is 0 Å². The third kappa shape index (κ3) is 9.91. The number of aliphatic hydroxyl groups excluding tert-OH is 17. The fraction of sp³-hybridized carbons (Fsp3) is 0.940. The van der Waals surface area contributed by atoms with Crippen LogP contribution in [0.25, 0.3) is 0 Å². The second-order valence-electron chi connectivity index (χ2n) is 23.8. The predicted molar refractivity (Wildman–Crippen MR) is 252 cm³/mol. The lowest BCUT2D eigenvalue weighted by Gasteiger charge is -2.68. The Bertz CT molecular complexity index is 2090. The highest BCUT2D eigenvalue weighted by molar-refractivity contribution is 5.75. The van der Waals surface area contributed by atoms with E-state index in [9.17, 15) is 96.7 Å². The van der Waals surface area contributed by atoms with E-state index in [4.69, 9.17) is 42.6 Å². The number of aliphatic carboxylic acids is 1. The third-order valence-electron chi connectivity index (χ3n) is 19.7. The van der Waals surface area contributed by atoms with Gasteiger partial charge >= 0.3 is 5.97 Å². The molecule has 0 aromatic carbocycles. The van der Waals surface area contributed by atoms with Crippen molar-refractivity contribution in [3.63, 3.8) is 0 Å². The summed E-state index contributed by atoms with van der Waals surface area (Å²) in [5.74, 6) is -2.99. The Balaban J connectivity index is 1.13. The molecule has 0 aromatic heterocycles. The maximum atomic E-state index is 13.5. The topological polar surface area (TPSA) is 464 Å². The van der Waals surface area contributed by atoms with Crippen molar-refractivity contribution in [3.05, 3.63) is 12.2 Å². The van der Waals surface area contributed by atoms with Crippen LogP contribution in [0.1, 0.15) is 65.2 Å². The number of hydrogen-bond acceptors (Lipinski definition) is 27. The monoisotopic (exact) mass is 1130 g/mol. The zero-order chi connectivity index (χ0) is 56.9. The molecular formula is C50H80O28. The first-order valence-corrected chi connectivity index (χ1v) is 26.9. The van der Waals surface area contributed by atoms with Gasteiger partial charge in [-0.2, -0.15) is 0 Å². The Morgan fingerprint density at radius 2 is 0.962 bits per heavy atom. The Kier molecular flexibility index (Phi) is 17.9. The number of carboxylic acid groups (broad SMARTS) is 1. The molecule has 28 nitrogen and oxygen atoms in total. The van der Waals surface area contributed by atoms with E-state index in [1.54, 1.807) is 6.92 Å². The highest BCUT2D eigenvalue weighted by Gasteiger charge is 2.74. The molecule has 0 aromatic rings. The van der Waals surface area contributed by atoms with Gasteiger partial charge in [-0.25, -0.2) is 0 Å². The van der Waals surface area contributed by atoms with Crippen molar-refractivity contribution in [1.29, 1.82) is 0 Å². The average Bonchev–Trinajstić information content (AvgIpc) is 2.94. The summed E-state index contributed by atoms with van der Waals surface area (Å²) in [5, 5.41) is 196. The van der Waals surface area contributed by atoms with Crippen molar-refractivity contribution in [2.24, 2.45) is 34.0 Å². The first kappa shape index (κ1) is 60.8. The van der Waals surface area contributed by atoms with E-state index < -0.39 is 232 Å². The van der Waals surface area contributed by atoms with Crippen LogP contribution in [0.3, 0.4) is 0 Å². The molecule has 4 aliphatic carbocycles. The lowest BCUT2D eigenvalue weighted by Crippen LogP contribution is -2.70. The highest BCUT2D eigenvalue weighted by Crippen LogP contribution is 2.76. The molecule has 32 atom stereocenters. The summed E-state index contributed by atoms with van der Waals surface area (Å²) in [7, 11) is 0. The zero-order valence-corrected chi connectivity index (χ0v) is 43.2. The number of rotatable bonds is 15. The molecule has 9 aliphatic rings. The molecule has 448 valence electrons. The van der Waals surface area contributed by atoms with Crippen LogP contribution in [0.15, 0.2) is 12.2 Å². The van der Waals surface area contributed by atoms with Gasteiger partial charge in [0.15, 0.2) is 25.2 Å². The average molecular weight is 1130 g/mol. The fourth-order valence-electron chi connectivity index (χ4n) is 15.5. The van der Waals surface area contributed by atoms with Crippen LogP contribution in [-0.2, 0) is 47.4 Å². The maximum Gasteiger partial charge on any atom is 0.309 e. The van der Waals surface area contributed by atoms with Gasteiger partial charge in [-0.1, -0.05) is 19.9 Å². The smallest absolute Gasteiger partial charge is 0.309 e. The lowest BCUT2D eigenvalue weighted by atomic mass is 9.37. The number of hydrogen-bond donors (Lipinski definition) is 18. The molecule has 4 saturated carbocycles. The fourth-order valence-corrected chi connectivity index (χ4v) is 15.5. The van der Waals surface area contributed by atoms with Crippen LogP contribution in [0.4, 0.5) is 0 Å². The summed E-state index contributed by atoms with van der Waals surface area (Å²) < 4.78 is 55.9. The lowest BCUT2D eigenvalue weighted by molar-refractivity contribution is -0.400. The number of fused-ring (bicyclic) bond motifs is 3. The number of carboxylic acids is 1. The van der Waals surface area contributed by atoms with E-state index >= 15 is 0 Å². The summed E-state index contributed by atoms with van der Waals surface area (Å²) >= 11 is 0. The Morgan fingerprint density at radius 1 is 0.526 bits per heavy atom. The van der Waals surface area contributed by atoms with Gasteiger partial charge in [0.1, 0.15) is 122 Å². The summed E-state index contributed by atoms with van der Waals surface area (Å²) in [4.78, 5) is 13.5. The summed E-state index contributed by atoms with van der Waals surface area (Å²) in [6.07, 6.45) is -43.4. The van der Waals surface area contributed by atoms with Gasteiger partial charge in [-0.05, 0) is 86.0 Å². The molecule has 5 aliphatic heterocycles. The van der Waals surface area contributed by atoms with Gasteiger partial charge in [-0.3, -0.25) is 4.79 Å². The molecule has 2 bridgehead atoms. The Hall–Kier alpha value is -1.83. The molecule has 18 N–H and O–H groups in total. The van der Waals surface area contributed by atoms with E-state index in [2.05, 4.69) is 6.58 Å². The number of ether oxygens (including phenoxy) is 9. The molecule has 5 saturated heterocycles. The predicted octanol–water partition coefficient (Wildman–Crippen LogP) is -7.48. The largest absolute Gasteiger partial charge is 0.481 e. The van der Waals surface area contributed by atoms with E-state index in [1.165, 1.54) is 0 Å². The van der Waals surface area contributed by atoms with E-state index in [0.29, 0.717) is 24.8 Å². The molecule has 32 unspecified atom stereocenters. The Morgan fingerprint density at radius 3 is 1.45 bits per heavy atom. The van der Waals surface area contributed by atoms with Crippen molar-refractivity contribution < 1.29 is 139 Å². The minimum atomic E-state index is -2.07. The molecule has 0 amide bonds. The van der Waals surface area contributed by atoms with Crippen LogP contribution >= 0.6 is 0 Å². The third-order valence-corrected chi connectivity index (χ3v) is 19.7. The molecule has 5 heterocycles. The van der Waals surface area contributed by atoms with Crippen LogP contribution < -0.4 is 0 Å². The van der Waals surface area contributed by atoms with Crippen molar-refractivity contribution in [1.82, 2.24) is 0 Å². The van der Waals surface area contributed by atoms with E-state index in [0.717, 1.165) is 0 Å². The molecule has 9 rings (SSSR count). The number of aliphatic hydroxyl groups is 17. The maximum absolute atomic E-state index is 13.5. The van der Waals surface area contributed by atoms with Crippen LogP contribution in [-0.4, -0.2) is 290 Å². The first-order chi connectivity index (χ1) is 36.8.